The average Bonchev–Trinajstić information content (AvgIpc) is 2.71. The van der Waals surface area contributed by atoms with Crippen molar-refractivity contribution in [3.63, 3.8) is 0 Å². The number of nitrogens with one attached hydrogen (secondary N) is 1. The standard InChI is InChI=1S/C26H26FNOS/c1-17-15-26(2,3)28-23-13-12-20(21-11-10-18(27)14-24(21)29-4)22(25(17)23)16-30-19-8-6-5-7-9-19/h5-15,28H,16H2,1-4H3. The van der Waals surface area contributed by atoms with Gasteiger partial charge in [-0.05, 0) is 67.8 Å². The van der Waals surface area contributed by atoms with Crippen LogP contribution in [0.15, 0.2) is 71.6 Å². The summed E-state index contributed by atoms with van der Waals surface area (Å²) in [6.07, 6.45) is 2.28. The molecule has 0 unspecified atom stereocenters. The number of anilines is 1. The van der Waals surface area contributed by atoms with Crippen molar-refractivity contribution in [1.29, 1.82) is 0 Å². The Morgan fingerprint density at radius 1 is 1.00 bits per heavy atom. The zero-order chi connectivity index (χ0) is 21.3. The number of thioether (sulfide) groups is 1. The van der Waals surface area contributed by atoms with Crippen LogP contribution in [0.5, 0.6) is 5.75 Å². The molecule has 0 bridgehead atoms. The van der Waals surface area contributed by atoms with Crippen LogP contribution < -0.4 is 10.1 Å². The lowest BCUT2D eigenvalue weighted by Gasteiger charge is -2.33. The van der Waals surface area contributed by atoms with E-state index in [-0.39, 0.29) is 11.4 Å². The number of ether oxygens (including phenoxy) is 1. The van der Waals surface area contributed by atoms with Crippen LogP contribution in [-0.4, -0.2) is 12.6 Å². The van der Waals surface area contributed by atoms with Crippen molar-refractivity contribution in [2.24, 2.45) is 0 Å². The van der Waals surface area contributed by atoms with Gasteiger partial charge < -0.3 is 10.1 Å². The van der Waals surface area contributed by atoms with E-state index < -0.39 is 0 Å². The first-order valence-corrected chi connectivity index (χ1v) is 11.0. The van der Waals surface area contributed by atoms with E-state index in [0.29, 0.717) is 5.75 Å². The number of hydrogen-bond acceptors (Lipinski definition) is 3. The van der Waals surface area contributed by atoms with E-state index in [2.05, 4.69) is 68.6 Å². The number of benzene rings is 3. The number of halogens is 1. The quantitative estimate of drug-likeness (QED) is 0.435. The fraction of sp³-hybridized carbons (Fsp3) is 0.231. The topological polar surface area (TPSA) is 21.3 Å². The Kier molecular flexibility index (Phi) is 5.61. The number of methoxy groups -OCH3 is 1. The van der Waals surface area contributed by atoms with Gasteiger partial charge >= 0.3 is 0 Å². The zero-order valence-corrected chi connectivity index (χ0v) is 18.6. The summed E-state index contributed by atoms with van der Waals surface area (Å²) >= 11 is 1.80. The second-order valence-electron chi connectivity index (χ2n) is 8.13. The molecule has 0 radical (unpaired) electrons. The van der Waals surface area contributed by atoms with Crippen LogP contribution in [0.25, 0.3) is 16.7 Å². The van der Waals surface area contributed by atoms with Crippen molar-refractivity contribution >= 4 is 23.0 Å². The van der Waals surface area contributed by atoms with E-state index in [1.54, 1.807) is 18.9 Å². The van der Waals surface area contributed by atoms with Crippen LogP contribution in [0, 0.1) is 5.82 Å². The lowest BCUT2D eigenvalue weighted by molar-refractivity contribution is 0.413. The minimum atomic E-state index is -0.298. The molecule has 0 fully saturated rings. The van der Waals surface area contributed by atoms with Crippen molar-refractivity contribution in [3.8, 4) is 16.9 Å². The molecule has 3 aromatic carbocycles. The third kappa shape index (κ3) is 4.10. The molecule has 1 aliphatic heterocycles. The summed E-state index contributed by atoms with van der Waals surface area (Å²) in [5, 5.41) is 3.64. The first kappa shape index (κ1) is 20.5. The molecule has 154 valence electrons. The van der Waals surface area contributed by atoms with Gasteiger partial charge in [-0.25, -0.2) is 4.39 Å². The SMILES string of the molecule is COc1cc(F)ccc1-c1ccc2c(c1CSc1ccccc1)C(C)=CC(C)(C)N2. The molecule has 30 heavy (non-hydrogen) atoms. The summed E-state index contributed by atoms with van der Waals surface area (Å²) in [7, 11) is 1.59. The highest BCUT2D eigenvalue weighted by Crippen LogP contribution is 2.44. The zero-order valence-electron chi connectivity index (χ0n) is 17.8. The van der Waals surface area contributed by atoms with Crippen molar-refractivity contribution in [2.75, 3.05) is 12.4 Å². The Hall–Kier alpha value is -2.72. The molecular weight excluding hydrogens is 393 g/mol. The maximum Gasteiger partial charge on any atom is 0.129 e. The van der Waals surface area contributed by atoms with E-state index in [1.807, 2.05) is 12.1 Å². The summed E-state index contributed by atoms with van der Waals surface area (Å²) in [4.78, 5) is 1.22. The van der Waals surface area contributed by atoms with E-state index in [1.165, 1.54) is 33.7 Å². The van der Waals surface area contributed by atoms with Crippen LogP contribution in [0.4, 0.5) is 10.1 Å². The lowest BCUT2D eigenvalue weighted by atomic mass is 9.85. The maximum atomic E-state index is 13.8. The average molecular weight is 420 g/mol. The van der Waals surface area contributed by atoms with Gasteiger partial charge in [0.15, 0.2) is 0 Å². The third-order valence-electron chi connectivity index (χ3n) is 5.32. The summed E-state index contributed by atoms with van der Waals surface area (Å²) in [5.74, 6) is 1.05. The number of rotatable bonds is 5. The Morgan fingerprint density at radius 3 is 2.47 bits per heavy atom. The second kappa shape index (κ2) is 8.19. The number of allylic oxidation sites excluding steroid dienone is 1. The summed E-state index contributed by atoms with van der Waals surface area (Å²) < 4.78 is 19.4. The monoisotopic (exact) mass is 419 g/mol. The highest BCUT2D eigenvalue weighted by molar-refractivity contribution is 7.98. The van der Waals surface area contributed by atoms with Gasteiger partial charge in [-0.2, -0.15) is 0 Å². The fourth-order valence-corrected chi connectivity index (χ4v) is 5.12. The molecule has 1 aliphatic rings. The van der Waals surface area contributed by atoms with Crippen molar-refractivity contribution in [3.05, 3.63) is 83.7 Å². The van der Waals surface area contributed by atoms with Crippen LogP contribution in [0.1, 0.15) is 31.9 Å². The fourth-order valence-electron chi connectivity index (χ4n) is 4.16. The highest BCUT2D eigenvalue weighted by Gasteiger charge is 2.26. The van der Waals surface area contributed by atoms with Gasteiger partial charge in [0, 0.05) is 33.5 Å². The molecule has 2 nitrogen and oxygen atoms in total. The molecule has 1 N–H and O–H groups in total. The molecule has 3 aromatic rings. The lowest BCUT2D eigenvalue weighted by Crippen LogP contribution is -2.31. The maximum absolute atomic E-state index is 13.8. The minimum Gasteiger partial charge on any atom is -0.496 e. The van der Waals surface area contributed by atoms with Crippen LogP contribution in [-0.2, 0) is 5.75 Å². The molecule has 0 amide bonds. The van der Waals surface area contributed by atoms with Crippen molar-refractivity contribution in [2.45, 2.75) is 37.0 Å². The van der Waals surface area contributed by atoms with Crippen molar-refractivity contribution in [1.82, 2.24) is 0 Å². The summed E-state index contributed by atoms with van der Waals surface area (Å²) in [6.45, 7) is 6.52. The van der Waals surface area contributed by atoms with Crippen molar-refractivity contribution < 1.29 is 9.13 Å². The predicted molar refractivity (Wildman–Crippen MR) is 126 cm³/mol. The van der Waals surface area contributed by atoms with Crippen LogP contribution in [0.3, 0.4) is 0 Å². The predicted octanol–water partition coefficient (Wildman–Crippen LogP) is 7.40. The van der Waals surface area contributed by atoms with E-state index >= 15 is 0 Å². The molecule has 1 heterocycles. The van der Waals surface area contributed by atoms with Gasteiger partial charge in [-0.15, -0.1) is 11.8 Å². The van der Waals surface area contributed by atoms with E-state index in [9.17, 15) is 4.39 Å². The van der Waals surface area contributed by atoms with E-state index in [0.717, 1.165) is 22.6 Å². The molecular formula is C26H26FNOS. The van der Waals surface area contributed by atoms with Gasteiger partial charge in [0.05, 0.1) is 12.6 Å². The Morgan fingerprint density at radius 2 is 1.73 bits per heavy atom. The Balaban J connectivity index is 1.87. The molecule has 0 spiro atoms. The third-order valence-corrected chi connectivity index (χ3v) is 6.36. The van der Waals surface area contributed by atoms with Crippen LogP contribution >= 0.6 is 11.8 Å². The smallest absolute Gasteiger partial charge is 0.129 e. The molecule has 0 aliphatic carbocycles. The summed E-state index contributed by atoms with van der Waals surface area (Å²) in [6, 6.07) is 19.4. The summed E-state index contributed by atoms with van der Waals surface area (Å²) in [5.41, 5.74) is 6.71. The molecule has 0 saturated heterocycles. The van der Waals surface area contributed by atoms with E-state index in [4.69, 9.17) is 4.74 Å². The normalized spacial score (nSPS) is 14.5. The largest absolute Gasteiger partial charge is 0.496 e. The van der Waals surface area contributed by atoms with Gasteiger partial charge in [0.25, 0.3) is 0 Å². The first-order chi connectivity index (χ1) is 14.4. The Labute approximate surface area is 182 Å². The van der Waals surface area contributed by atoms with Gasteiger partial charge in [0.1, 0.15) is 11.6 Å². The van der Waals surface area contributed by atoms with Gasteiger partial charge in [-0.1, -0.05) is 30.3 Å². The second-order valence-corrected chi connectivity index (χ2v) is 9.18. The first-order valence-electron chi connectivity index (χ1n) is 10.0. The number of fused-ring (bicyclic) bond motifs is 1. The molecule has 0 aromatic heterocycles. The molecule has 4 heteroatoms. The molecule has 0 saturated carbocycles. The van der Waals surface area contributed by atoms with Crippen LogP contribution in [0.2, 0.25) is 0 Å². The minimum absolute atomic E-state index is 0.101. The molecule has 0 atom stereocenters. The van der Waals surface area contributed by atoms with Gasteiger partial charge in [-0.3, -0.25) is 0 Å². The Bertz CT molecular complexity index is 1110. The highest BCUT2D eigenvalue weighted by atomic mass is 32.2. The molecule has 4 rings (SSSR count). The number of hydrogen-bond donors (Lipinski definition) is 1. The van der Waals surface area contributed by atoms with Gasteiger partial charge in [0.2, 0.25) is 0 Å².